The first-order chi connectivity index (χ1) is 9.69. The summed E-state index contributed by atoms with van der Waals surface area (Å²) < 4.78 is 9.64. The molecule has 0 aliphatic rings. The minimum atomic E-state index is -0.519. The van der Waals surface area contributed by atoms with E-state index in [9.17, 15) is 9.59 Å². The van der Waals surface area contributed by atoms with E-state index < -0.39 is 11.9 Å². The Kier molecular flexibility index (Phi) is 6.27. The molecule has 0 spiro atoms. The normalized spacial score (nSPS) is 10.4. The molecule has 1 aromatic carbocycles. The fourth-order valence-corrected chi connectivity index (χ4v) is 1.19. The van der Waals surface area contributed by atoms with Gasteiger partial charge in [-0.2, -0.15) is 0 Å². The highest BCUT2D eigenvalue weighted by Crippen LogP contribution is 2.08. The maximum Gasteiger partial charge on any atom is 0.342 e. The van der Waals surface area contributed by atoms with Crippen LogP contribution in [0.1, 0.15) is 20.7 Å². The first kappa shape index (κ1) is 15.2. The number of rotatable bonds is 6. The maximum absolute atomic E-state index is 11.6. The van der Waals surface area contributed by atoms with Gasteiger partial charge in [-0.05, 0) is 36.4 Å². The predicted octanol–water partition coefficient (Wildman–Crippen LogP) is 3.40. The molecule has 0 bridgehead atoms. The van der Waals surface area contributed by atoms with Crippen molar-refractivity contribution in [2.45, 2.75) is 0 Å². The Balaban J connectivity index is 2.68. The Morgan fingerprint density at radius 2 is 1.15 bits per heavy atom. The SMILES string of the molecule is C=CC=COC(=O)c1ccc(C(=O)OC=CC=C)cc1. The van der Waals surface area contributed by atoms with Gasteiger partial charge in [-0.1, -0.05) is 25.3 Å². The van der Waals surface area contributed by atoms with Crippen LogP contribution in [0, 0.1) is 0 Å². The zero-order valence-electron chi connectivity index (χ0n) is 10.8. The number of carbonyl (C=O) groups excluding carboxylic acids is 2. The summed E-state index contributed by atoms with van der Waals surface area (Å²) in [5, 5.41) is 0. The molecule has 0 aliphatic heterocycles. The zero-order chi connectivity index (χ0) is 14.8. The number of carbonyl (C=O) groups is 2. The fourth-order valence-electron chi connectivity index (χ4n) is 1.19. The summed E-state index contributed by atoms with van der Waals surface area (Å²) in [6.45, 7) is 6.90. The molecule has 0 aliphatic carbocycles. The molecular weight excluding hydrogens is 256 g/mol. The van der Waals surface area contributed by atoms with Crippen LogP contribution in [-0.4, -0.2) is 11.9 Å². The zero-order valence-corrected chi connectivity index (χ0v) is 10.8. The van der Waals surface area contributed by atoms with E-state index in [0.717, 1.165) is 0 Å². The molecule has 0 heterocycles. The summed E-state index contributed by atoms with van der Waals surface area (Å²) in [6, 6.07) is 5.94. The lowest BCUT2D eigenvalue weighted by molar-refractivity contribution is 0.0648. The number of benzene rings is 1. The van der Waals surface area contributed by atoms with Crippen molar-refractivity contribution < 1.29 is 19.1 Å². The fraction of sp³-hybridized carbons (Fsp3) is 0. The second-order valence-corrected chi connectivity index (χ2v) is 3.52. The van der Waals surface area contributed by atoms with Crippen LogP contribution in [0.5, 0.6) is 0 Å². The van der Waals surface area contributed by atoms with Gasteiger partial charge < -0.3 is 9.47 Å². The Morgan fingerprint density at radius 1 is 0.800 bits per heavy atom. The number of ether oxygens (including phenoxy) is 2. The first-order valence-corrected chi connectivity index (χ1v) is 5.76. The van der Waals surface area contributed by atoms with Crippen LogP contribution in [-0.2, 0) is 9.47 Å². The second kappa shape index (κ2) is 8.26. The Morgan fingerprint density at radius 3 is 1.45 bits per heavy atom. The van der Waals surface area contributed by atoms with Crippen molar-refractivity contribution in [3.8, 4) is 0 Å². The van der Waals surface area contributed by atoms with Gasteiger partial charge in [0.25, 0.3) is 0 Å². The highest BCUT2D eigenvalue weighted by molar-refractivity contribution is 5.93. The molecule has 102 valence electrons. The Bertz CT molecular complexity index is 499. The molecule has 0 saturated carbocycles. The molecule has 0 atom stereocenters. The van der Waals surface area contributed by atoms with Crippen molar-refractivity contribution in [3.05, 3.63) is 85.4 Å². The lowest BCUT2D eigenvalue weighted by Crippen LogP contribution is -2.03. The van der Waals surface area contributed by atoms with Gasteiger partial charge in [0.05, 0.1) is 23.7 Å². The van der Waals surface area contributed by atoms with Crippen LogP contribution in [0.25, 0.3) is 0 Å². The molecule has 0 amide bonds. The van der Waals surface area contributed by atoms with E-state index in [1.165, 1.54) is 61.1 Å². The lowest BCUT2D eigenvalue weighted by atomic mass is 10.1. The van der Waals surface area contributed by atoms with Crippen molar-refractivity contribution in [2.24, 2.45) is 0 Å². The van der Waals surface area contributed by atoms with Crippen molar-refractivity contribution in [1.82, 2.24) is 0 Å². The van der Waals surface area contributed by atoms with Crippen molar-refractivity contribution >= 4 is 11.9 Å². The Hall–Kier alpha value is -2.88. The standard InChI is InChI=1S/C16H14O4/c1-3-5-11-19-15(17)13-7-9-14(10-8-13)16(18)20-12-6-4-2/h3-12H,1-2H2. The minimum absolute atomic E-state index is 0.330. The molecular formula is C16H14O4. The number of hydrogen-bond donors (Lipinski definition) is 0. The van der Waals surface area contributed by atoms with E-state index in [4.69, 9.17) is 9.47 Å². The molecule has 1 rings (SSSR count). The summed E-state index contributed by atoms with van der Waals surface area (Å²) in [5.41, 5.74) is 0.661. The average molecular weight is 270 g/mol. The summed E-state index contributed by atoms with van der Waals surface area (Å²) in [4.78, 5) is 23.1. The quantitative estimate of drug-likeness (QED) is 0.451. The molecule has 0 saturated heterocycles. The molecule has 4 heteroatoms. The van der Waals surface area contributed by atoms with E-state index in [1.54, 1.807) is 0 Å². The van der Waals surface area contributed by atoms with E-state index in [0.29, 0.717) is 11.1 Å². The smallest absolute Gasteiger partial charge is 0.342 e. The van der Waals surface area contributed by atoms with Gasteiger partial charge in [0, 0.05) is 0 Å². The third kappa shape index (κ3) is 4.78. The molecule has 0 aromatic heterocycles. The van der Waals surface area contributed by atoms with E-state index >= 15 is 0 Å². The molecule has 0 unspecified atom stereocenters. The van der Waals surface area contributed by atoms with Crippen LogP contribution in [0.15, 0.2) is 74.3 Å². The predicted molar refractivity (Wildman–Crippen MR) is 75.9 cm³/mol. The largest absolute Gasteiger partial charge is 0.431 e. The van der Waals surface area contributed by atoms with Crippen molar-refractivity contribution in [3.63, 3.8) is 0 Å². The van der Waals surface area contributed by atoms with Gasteiger partial charge in [-0.25, -0.2) is 9.59 Å². The Labute approximate surface area is 117 Å². The van der Waals surface area contributed by atoms with Crippen LogP contribution >= 0.6 is 0 Å². The third-order valence-electron chi connectivity index (χ3n) is 2.14. The molecule has 0 radical (unpaired) electrons. The van der Waals surface area contributed by atoms with Crippen molar-refractivity contribution in [2.75, 3.05) is 0 Å². The van der Waals surface area contributed by atoms with Gasteiger partial charge in [0.15, 0.2) is 0 Å². The lowest BCUT2D eigenvalue weighted by Gasteiger charge is -2.01. The molecule has 4 nitrogen and oxygen atoms in total. The van der Waals surface area contributed by atoms with Crippen molar-refractivity contribution in [1.29, 1.82) is 0 Å². The van der Waals surface area contributed by atoms with Gasteiger partial charge >= 0.3 is 11.9 Å². The van der Waals surface area contributed by atoms with Gasteiger partial charge in [-0.15, -0.1) is 0 Å². The highest BCUT2D eigenvalue weighted by atomic mass is 16.5. The van der Waals surface area contributed by atoms with Crippen LogP contribution in [0.4, 0.5) is 0 Å². The molecule has 0 fully saturated rings. The van der Waals surface area contributed by atoms with E-state index in [-0.39, 0.29) is 0 Å². The van der Waals surface area contributed by atoms with Gasteiger partial charge in [0.2, 0.25) is 0 Å². The number of allylic oxidation sites excluding steroid dienone is 4. The summed E-state index contributed by atoms with van der Waals surface area (Å²) >= 11 is 0. The minimum Gasteiger partial charge on any atom is -0.431 e. The molecule has 20 heavy (non-hydrogen) atoms. The summed E-state index contributed by atoms with van der Waals surface area (Å²) in [7, 11) is 0. The monoisotopic (exact) mass is 270 g/mol. The van der Waals surface area contributed by atoms with Crippen LogP contribution < -0.4 is 0 Å². The molecule has 1 aromatic rings. The van der Waals surface area contributed by atoms with Crippen LogP contribution in [0.3, 0.4) is 0 Å². The molecule has 0 N–H and O–H groups in total. The highest BCUT2D eigenvalue weighted by Gasteiger charge is 2.09. The third-order valence-corrected chi connectivity index (χ3v) is 2.14. The maximum atomic E-state index is 11.6. The topological polar surface area (TPSA) is 52.6 Å². The summed E-state index contributed by atoms with van der Waals surface area (Å²) in [6.07, 6.45) is 8.44. The van der Waals surface area contributed by atoms with Gasteiger partial charge in [0.1, 0.15) is 0 Å². The van der Waals surface area contributed by atoms with Gasteiger partial charge in [-0.3, -0.25) is 0 Å². The number of hydrogen-bond acceptors (Lipinski definition) is 4. The number of esters is 2. The van der Waals surface area contributed by atoms with Crippen LogP contribution in [0.2, 0.25) is 0 Å². The van der Waals surface area contributed by atoms with E-state index in [1.807, 2.05) is 0 Å². The van der Waals surface area contributed by atoms with E-state index in [2.05, 4.69) is 13.2 Å². The second-order valence-electron chi connectivity index (χ2n) is 3.52. The summed E-state index contributed by atoms with van der Waals surface area (Å²) in [5.74, 6) is -1.04. The first-order valence-electron chi connectivity index (χ1n) is 5.76. The average Bonchev–Trinajstić information content (AvgIpc) is 2.47.